The zero-order chi connectivity index (χ0) is 25.3. The smallest absolute Gasteiger partial charge is 0.322 e. The van der Waals surface area contributed by atoms with Gasteiger partial charge in [-0.2, -0.15) is 0 Å². The van der Waals surface area contributed by atoms with Gasteiger partial charge in [-0.15, -0.1) is 5.10 Å². The summed E-state index contributed by atoms with van der Waals surface area (Å²) in [6, 6.07) is 15.4. The third-order valence-corrected chi connectivity index (χ3v) is 7.93. The Morgan fingerprint density at radius 1 is 1.03 bits per heavy atom. The molecule has 35 heavy (non-hydrogen) atoms. The quantitative estimate of drug-likeness (QED) is 0.417. The van der Waals surface area contributed by atoms with Gasteiger partial charge in [-0.25, -0.2) is 17.5 Å². The zero-order valence-electron chi connectivity index (χ0n) is 19.0. The summed E-state index contributed by atoms with van der Waals surface area (Å²) < 4.78 is 41.1. The predicted molar refractivity (Wildman–Crippen MR) is 128 cm³/mol. The molecule has 0 aliphatic rings. The van der Waals surface area contributed by atoms with E-state index in [1.54, 1.807) is 37.3 Å². The molecule has 180 valence electrons. The van der Waals surface area contributed by atoms with Gasteiger partial charge in [-0.05, 0) is 67.3 Å². The first kappa shape index (κ1) is 24.2. The van der Waals surface area contributed by atoms with E-state index in [1.165, 1.54) is 30.3 Å². The van der Waals surface area contributed by atoms with Gasteiger partial charge in [0.2, 0.25) is 0 Å². The molecule has 3 aromatic carbocycles. The summed E-state index contributed by atoms with van der Waals surface area (Å²) in [5.41, 5.74) is 2.40. The van der Waals surface area contributed by atoms with E-state index in [0.29, 0.717) is 27.6 Å². The normalized spacial score (nSPS) is 12.5. The first-order chi connectivity index (χ1) is 16.6. The molecule has 0 saturated heterocycles. The number of carbonyl (C=O) groups is 1. The van der Waals surface area contributed by atoms with Gasteiger partial charge in [0.1, 0.15) is 11.3 Å². The number of hydrogen-bond acceptors (Lipinski definition) is 6. The van der Waals surface area contributed by atoms with E-state index in [1.807, 2.05) is 6.92 Å². The first-order valence-corrected chi connectivity index (χ1v) is 12.3. The summed E-state index contributed by atoms with van der Waals surface area (Å²) >= 11 is 0. The van der Waals surface area contributed by atoms with Crippen LogP contribution >= 0.6 is 0 Å². The predicted octanol–water partition coefficient (Wildman–Crippen LogP) is 3.53. The molecule has 4 aromatic rings. The van der Waals surface area contributed by atoms with Crippen LogP contribution in [0.2, 0.25) is 0 Å². The van der Waals surface area contributed by atoms with Crippen molar-refractivity contribution in [3.05, 3.63) is 88.0 Å². The average molecular weight is 496 g/mol. The number of aliphatic carboxylic acids is 1. The number of hydrogen-bond donors (Lipinski definition) is 1. The van der Waals surface area contributed by atoms with Crippen molar-refractivity contribution < 1.29 is 22.7 Å². The van der Waals surface area contributed by atoms with Crippen LogP contribution in [0, 0.1) is 19.7 Å². The van der Waals surface area contributed by atoms with Crippen LogP contribution in [0.15, 0.2) is 70.4 Å². The lowest BCUT2D eigenvalue weighted by Crippen LogP contribution is -2.34. The first-order valence-electron chi connectivity index (χ1n) is 10.8. The molecule has 1 N–H and O–H groups in total. The second-order valence-electron chi connectivity index (χ2n) is 8.29. The van der Waals surface area contributed by atoms with Crippen LogP contribution in [-0.4, -0.2) is 39.7 Å². The number of nitrogens with zero attached hydrogens (tertiary/aromatic N) is 3. The van der Waals surface area contributed by atoms with Crippen LogP contribution in [0.25, 0.3) is 22.0 Å². The van der Waals surface area contributed by atoms with Crippen molar-refractivity contribution in [2.24, 2.45) is 0 Å². The summed E-state index contributed by atoms with van der Waals surface area (Å²) in [4.78, 5) is 24.4. The second kappa shape index (κ2) is 9.38. The number of carboxylic acid groups (broad SMARTS) is 1. The maximum Gasteiger partial charge on any atom is 0.322 e. The maximum absolute atomic E-state index is 13.9. The van der Waals surface area contributed by atoms with Crippen LogP contribution in [0.5, 0.6) is 0 Å². The van der Waals surface area contributed by atoms with Gasteiger partial charge in [0, 0.05) is 6.54 Å². The number of aryl methyl sites for hydroxylation is 3. The fraction of sp³-hybridized carbons (Fsp3) is 0.200. The van der Waals surface area contributed by atoms with Crippen molar-refractivity contribution in [1.29, 1.82) is 0 Å². The fourth-order valence-corrected chi connectivity index (χ4v) is 5.29. The number of halogens is 1. The summed E-state index contributed by atoms with van der Waals surface area (Å²) in [7, 11) is -4.28. The Morgan fingerprint density at radius 2 is 1.71 bits per heavy atom. The topological polar surface area (TPSA) is 119 Å². The molecular weight excluding hydrogens is 473 g/mol. The highest BCUT2D eigenvalue weighted by Crippen LogP contribution is 2.26. The number of rotatable bonds is 7. The highest BCUT2D eigenvalue weighted by atomic mass is 32.2. The Kier molecular flexibility index (Phi) is 6.49. The number of carboxylic acids is 1. The molecule has 1 aromatic heterocycles. The molecule has 0 aliphatic carbocycles. The van der Waals surface area contributed by atoms with E-state index < -0.39 is 26.6 Å². The van der Waals surface area contributed by atoms with Crippen LogP contribution < -0.4 is 5.56 Å². The molecule has 0 aliphatic heterocycles. The zero-order valence-corrected chi connectivity index (χ0v) is 19.8. The van der Waals surface area contributed by atoms with Gasteiger partial charge in [0.25, 0.3) is 5.56 Å². The van der Waals surface area contributed by atoms with Crippen molar-refractivity contribution in [3.8, 4) is 11.1 Å². The van der Waals surface area contributed by atoms with Crippen molar-refractivity contribution >= 4 is 26.7 Å². The van der Waals surface area contributed by atoms with E-state index in [0.717, 1.165) is 10.2 Å². The Bertz CT molecular complexity index is 1600. The molecule has 0 amide bonds. The largest absolute Gasteiger partial charge is 0.480 e. The lowest BCUT2D eigenvalue weighted by Gasteiger charge is -2.14. The lowest BCUT2D eigenvalue weighted by molar-refractivity contribution is -0.136. The molecule has 0 saturated carbocycles. The lowest BCUT2D eigenvalue weighted by atomic mass is 10.0. The summed E-state index contributed by atoms with van der Waals surface area (Å²) in [6.45, 7) is 3.21. The summed E-state index contributed by atoms with van der Waals surface area (Å²) in [5, 5.41) is 16.0. The Balaban J connectivity index is 1.59. The molecule has 0 bridgehead atoms. The molecular formula is C25H22FN3O5S. The minimum atomic E-state index is -4.28. The Morgan fingerprint density at radius 3 is 2.37 bits per heavy atom. The summed E-state index contributed by atoms with van der Waals surface area (Å²) in [5.74, 6) is -1.92. The molecule has 1 heterocycles. The second-order valence-corrected chi connectivity index (χ2v) is 10.4. The summed E-state index contributed by atoms with van der Waals surface area (Å²) in [6.07, 6.45) is -0.380. The van der Waals surface area contributed by atoms with Crippen LogP contribution in [0.4, 0.5) is 4.39 Å². The molecule has 1 atom stereocenters. The number of benzene rings is 3. The van der Waals surface area contributed by atoms with E-state index in [-0.39, 0.29) is 23.7 Å². The molecule has 4 rings (SSSR count). The van der Waals surface area contributed by atoms with Crippen molar-refractivity contribution in [3.63, 3.8) is 0 Å². The van der Waals surface area contributed by atoms with Gasteiger partial charge < -0.3 is 5.11 Å². The number of fused-ring (bicyclic) bond motifs is 1. The Labute approximate surface area is 200 Å². The van der Waals surface area contributed by atoms with E-state index in [9.17, 15) is 27.5 Å². The van der Waals surface area contributed by atoms with Crippen molar-refractivity contribution in [2.75, 3.05) is 0 Å². The van der Waals surface area contributed by atoms with Crippen LogP contribution in [-0.2, 0) is 21.2 Å². The average Bonchev–Trinajstić information content (AvgIpc) is 2.82. The van der Waals surface area contributed by atoms with Gasteiger partial charge in [0.05, 0.1) is 10.3 Å². The molecule has 0 radical (unpaired) electrons. The minimum Gasteiger partial charge on any atom is -0.480 e. The fourth-order valence-electron chi connectivity index (χ4n) is 3.76. The van der Waals surface area contributed by atoms with Gasteiger partial charge in [0.15, 0.2) is 15.1 Å². The van der Waals surface area contributed by atoms with Crippen LogP contribution in [0.3, 0.4) is 0 Å². The van der Waals surface area contributed by atoms with Crippen molar-refractivity contribution in [2.45, 2.75) is 37.0 Å². The molecule has 10 heteroatoms. The minimum absolute atomic E-state index is 0.186. The molecule has 1 unspecified atom stereocenters. The monoisotopic (exact) mass is 495 g/mol. The molecule has 8 nitrogen and oxygen atoms in total. The van der Waals surface area contributed by atoms with Crippen LogP contribution in [0.1, 0.15) is 17.5 Å². The van der Waals surface area contributed by atoms with E-state index in [2.05, 4.69) is 10.3 Å². The van der Waals surface area contributed by atoms with E-state index in [4.69, 9.17) is 0 Å². The highest BCUT2D eigenvalue weighted by molar-refractivity contribution is 7.92. The third kappa shape index (κ3) is 4.83. The van der Waals surface area contributed by atoms with Gasteiger partial charge >= 0.3 is 5.97 Å². The van der Waals surface area contributed by atoms with Gasteiger partial charge in [-0.3, -0.25) is 9.59 Å². The standard InChI is InChI=1S/C25H22FN3O5S/c1-15-3-10-22-20(13-15)24(30)29(28-27-22)12-11-23(25(31)32)35(33,34)19-8-6-17(7-9-19)18-5-4-16(2)21(26)14-18/h3-10,13-14,23H,11-12H2,1-2H3,(H,31,32). The SMILES string of the molecule is Cc1ccc2nnn(CCC(C(=O)O)S(=O)(=O)c3ccc(-c4ccc(C)c(F)c4)cc3)c(=O)c2c1. The van der Waals surface area contributed by atoms with E-state index >= 15 is 0 Å². The maximum atomic E-state index is 13.9. The number of aromatic nitrogens is 3. The number of sulfone groups is 1. The third-order valence-electron chi connectivity index (χ3n) is 5.82. The van der Waals surface area contributed by atoms with Gasteiger partial charge in [-0.1, -0.05) is 41.1 Å². The highest BCUT2D eigenvalue weighted by Gasteiger charge is 2.34. The molecule has 0 fully saturated rings. The molecule has 0 spiro atoms. The van der Waals surface area contributed by atoms with Crippen molar-refractivity contribution in [1.82, 2.24) is 15.0 Å². The Hall–Kier alpha value is -3.92.